The summed E-state index contributed by atoms with van der Waals surface area (Å²) in [4.78, 5) is 2.76. The monoisotopic (exact) mass is 286 g/mol. The van der Waals surface area contributed by atoms with E-state index in [1.807, 2.05) is 0 Å². The van der Waals surface area contributed by atoms with Crippen molar-refractivity contribution in [3.8, 4) is 0 Å². The minimum Gasteiger partial charge on any atom is -0.311 e. The predicted molar refractivity (Wildman–Crippen MR) is 89.5 cm³/mol. The summed E-state index contributed by atoms with van der Waals surface area (Å²) >= 11 is 0. The van der Waals surface area contributed by atoms with E-state index in [-0.39, 0.29) is 0 Å². The maximum Gasteiger partial charge on any atom is 0.0338 e. The van der Waals surface area contributed by atoms with Crippen molar-refractivity contribution in [1.82, 2.24) is 10.2 Å². The van der Waals surface area contributed by atoms with Gasteiger partial charge in [0.2, 0.25) is 0 Å². The van der Waals surface area contributed by atoms with Crippen molar-refractivity contribution in [3.05, 3.63) is 34.9 Å². The Kier molecular flexibility index (Phi) is 4.11. The van der Waals surface area contributed by atoms with Crippen LogP contribution >= 0.6 is 0 Å². The average molecular weight is 286 g/mol. The first kappa shape index (κ1) is 15.1. The lowest BCUT2D eigenvalue weighted by molar-refractivity contribution is 0.0270. The molecule has 2 fully saturated rings. The van der Waals surface area contributed by atoms with Crippen LogP contribution in [0.5, 0.6) is 0 Å². The maximum absolute atomic E-state index is 3.78. The van der Waals surface area contributed by atoms with Crippen LogP contribution in [0.2, 0.25) is 0 Å². The van der Waals surface area contributed by atoms with Gasteiger partial charge in [0, 0.05) is 31.2 Å². The molecule has 21 heavy (non-hydrogen) atoms. The molecule has 1 aromatic rings. The van der Waals surface area contributed by atoms with Gasteiger partial charge in [-0.25, -0.2) is 0 Å². The Labute approximate surface area is 129 Å². The molecule has 2 aliphatic rings. The molecule has 1 aromatic carbocycles. The van der Waals surface area contributed by atoms with Crippen LogP contribution in [0.15, 0.2) is 18.2 Å². The second kappa shape index (κ2) is 5.73. The minimum atomic E-state index is 0.352. The fourth-order valence-corrected chi connectivity index (χ4v) is 3.75. The van der Waals surface area contributed by atoms with E-state index in [4.69, 9.17) is 0 Å². The first-order chi connectivity index (χ1) is 10.0. The van der Waals surface area contributed by atoms with Crippen LogP contribution in [0.25, 0.3) is 0 Å². The summed E-state index contributed by atoms with van der Waals surface area (Å²) in [7, 11) is 0. The lowest BCUT2D eigenvalue weighted by Gasteiger charge is -2.49. The van der Waals surface area contributed by atoms with Gasteiger partial charge in [-0.15, -0.1) is 0 Å². The lowest BCUT2D eigenvalue weighted by Crippen LogP contribution is -2.63. The molecule has 2 nitrogen and oxygen atoms in total. The first-order valence-electron chi connectivity index (χ1n) is 8.57. The quantitative estimate of drug-likeness (QED) is 0.909. The molecule has 0 radical (unpaired) electrons. The number of piperazine rings is 1. The molecule has 1 N–H and O–H groups in total. The van der Waals surface area contributed by atoms with Crippen molar-refractivity contribution in [3.63, 3.8) is 0 Å². The van der Waals surface area contributed by atoms with Gasteiger partial charge in [0.15, 0.2) is 0 Å². The molecule has 116 valence electrons. The van der Waals surface area contributed by atoms with Crippen LogP contribution < -0.4 is 5.32 Å². The SMILES string of the molecule is CCC1CN(Cc2ccc(C)c(C)c2)C(C)(C2CC2)CN1. The van der Waals surface area contributed by atoms with E-state index >= 15 is 0 Å². The molecule has 3 rings (SSSR count). The Morgan fingerprint density at radius 3 is 2.62 bits per heavy atom. The minimum absolute atomic E-state index is 0.352. The number of nitrogens with one attached hydrogen (secondary N) is 1. The van der Waals surface area contributed by atoms with Crippen LogP contribution in [-0.2, 0) is 6.54 Å². The zero-order valence-electron chi connectivity index (χ0n) is 14.1. The van der Waals surface area contributed by atoms with E-state index in [1.165, 1.54) is 42.5 Å². The van der Waals surface area contributed by atoms with Gasteiger partial charge >= 0.3 is 0 Å². The van der Waals surface area contributed by atoms with Gasteiger partial charge in [-0.3, -0.25) is 4.90 Å². The standard InChI is InChI=1S/C19H30N2/c1-5-18-12-21(19(4,13-20-18)17-8-9-17)11-16-7-6-14(2)15(3)10-16/h6-7,10,17-18,20H,5,8-9,11-13H2,1-4H3. The largest absolute Gasteiger partial charge is 0.311 e. The van der Waals surface area contributed by atoms with Gasteiger partial charge < -0.3 is 5.32 Å². The van der Waals surface area contributed by atoms with E-state index in [0.29, 0.717) is 11.6 Å². The van der Waals surface area contributed by atoms with Gasteiger partial charge in [0.05, 0.1) is 0 Å². The molecule has 1 heterocycles. The molecule has 2 unspecified atom stereocenters. The van der Waals surface area contributed by atoms with Crippen molar-refractivity contribution in [2.45, 2.75) is 65.1 Å². The molecule has 1 aliphatic heterocycles. The second-order valence-electron chi connectivity index (χ2n) is 7.42. The third-order valence-corrected chi connectivity index (χ3v) is 5.81. The van der Waals surface area contributed by atoms with Crippen molar-refractivity contribution >= 4 is 0 Å². The van der Waals surface area contributed by atoms with Crippen LogP contribution in [0.4, 0.5) is 0 Å². The number of aryl methyl sites for hydroxylation is 2. The van der Waals surface area contributed by atoms with Crippen molar-refractivity contribution < 1.29 is 0 Å². The molecule has 0 aromatic heterocycles. The molecule has 0 spiro atoms. The van der Waals surface area contributed by atoms with Crippen LogP contribution in [0, 0.1) is 19.8 Å². The predicted octanol–water partition coefficient (Wildman–Crippen LogP) is 3.66. The average Bonchev–Trinajstić information content (AvgIpc) is 3.30. The Morgan fingerprint density at radius 2 is 2.00 bits per heavy atom. The fourth-order valence-electron chi connectivity index (χ4n) is 3.75. The van der Waals surface area contributed by atoms with E-state index in [0.717, 1.165) is 19.0 Å². The molecule has 2 atom stereocenters. The van der Waals surface area contributed by atoms with Gasteiger partial charge in [0.1, 0.15) is 0 Å². The lowest BCUT2D eigenvalue weighted by atomic mass is 9.88. The Balaban J connectivity index is 1.79. The topological polar surface area (TPSA) is 15.3 Å². The van der Waals surface area contributed by atoms with Gasteiger partial charge in [-0.2, -0.15) is 0 Å². The molecule has 0 bridgehead atoms. The normalized spacial score (nSPS) is 30.6. The summed E-state index contributed by atoms with van der Waals surface area (Å²) in [6.45, 7) is 12.6. The maximum atomic E-state index is 3.78. The van der Waals surface area contributed by atoms with Gasteiger partial charge in [-0.05, 0) is 62.6 Å². The summed E-state index contributed by atoms with van der Waals surface area (Å²) in [5.41, 5.74) is 4.64. The van der Waals surface area contributed by atoms with Gasteiger partial charge in [0.25, 0.3) is 0 Å². The summed E-state index contributed by atoms with van der Waals surface area (Å²) < 4.78 is 0. The summed E-state index contributed by atoms with van der Waals surface area (Å²) in [6, 6.07) is 7.63. The molecule has 1 saturated carbocycles. The molecule has 1 saturated heterocycles. The fraction of sp³-hybridized carbons (Fsp3) is 0.684. The highest BCUT2D eigenvalue weighted by Crippen LogP contribution is 2.44. The first-order valence-corrected chi connectivity index (χ1v) is 8.57. The van der Waals surface area contributed by atoms with Crippen molar-refractivity contribution in [2.24, 2.45) is 5.92 Å². The third-order valence-electron chi connectivity index (χ3n) is 5.81. The second-order valence-corrected chi connectivity index (χ2v) is 7.42. The highest BCUT2D eigenvalue weighted by atomic mass is 15.3. The number of hydrogen-bond acceptors (Lipinski definition) is 2. The number of benzene rings is 1. The van der Waals surface area contributed by atoms with Crippen LogP contribution in [0.1, 0.15) is 49.8 Å². The van der Waals surface area contributed by atoms with Crippen molar-refractivity contribution in [1.29, 1.82) is 0 Å². The van der Waals surface area contributed by atoms with Gasteiger partial charge in [-0.1, -0.05) is 25.1 Å². The van der Waals surface area contributed by atoms with E-state index in [2.05, 4.69) is 56.1 Å². The van der Waals surface area contributed by atoms with Crippen molar-refractivity contribution in [2.75, 3.05) is 13.1 Å². The highest BCUT2D eigenvalue weighted by molar-refractivity contribution is 5.30. The number of hydrogen-bond donors (Lipinski definition) is 1. The molecule has 2 heteroatoms. The summed E-state index contributed by atoms with van der Waals surface area (Å²) in [5.74, 6) is 0.898. The molecule has 1 aliphatic carbocycles. The molecular weight excluding hydrogens is 256 g/mol. The van der Waals surface area contributed by atoms with Crippen LogP contribution in [-0.4, -0.2) is 29.6 Å². The van der Waals surface area contributed by atoms with E-state index in [9.17, 15) is 0 Å². The Bertz CT molecular complexity index is 506. The molecular formula is C19H30N2. The zero-order chi connectivity index (χ0) is 15.0. The Hall–Kier alpha value is -0.860. The van der Waals surface area contributed by atoms with E-state index < -0.39 is 0 Å². The van der Waals surface area contributed by atoms with E-state index in [1.54, 1.807) is 0 Å². The number of nitrogens with zero attached hydrogens (tertiary/aromatic N) is 1. The zero-order valence-corrected chi connectivity index (χ0v) is 14.1. The molecule has 0 amide bonds. The number of rotatable bonds is 4. The summed E-state index contributed by atoms with van der Waals surface area (Å²) in [5, 5.41) is 3.78. The smallest absolute Gasteiger partial charge is 0.0338 e. The third kappa shape index (κ3) is 3.02. The Morgan fingerprint density at radius 1 is 1.24 bits per heavy atom. The highest BCUT2D eigenvalue weighted by Gasteiger charge is 2.47. The van der Waals surface area contributed by atoms with Crippen LogP contribution in [0.3, 0.4) is 0 Å². The summed E-state index contributed by atoms with van der Waals surface area (Å²) in [6.07, 6.45) is 4.06.